The Labute approximate surface area is 105 Å². The topological polar surface area (TPSA) is 42.0 Å². The van der Waals surface area contributed by atoms with E-state index in [0.717, 1.165) is 24.1 Å². The van der Waals surface area contributed by atoms with Crippen LogP contribution in [0.5, 0.6) is 0 Å². The van der Waals surface area contributed by atoms with Crippen LogP contribution in [0, 0.1) is 0 Å². The van der Waals surface area contributed by atoms with Crippen molar-refractivity contribution in [2.75, 3.05) is 5.32 Å². The summed E-state index contributed by atoms with van der Waals surface area (Å²) in [5, 5.41) is 4.72. The Kier molecular flexibility index (Phi) is 3.88. The molecule has 2 aromatic heterocycles. The second-order valence-electron chi connectivity index (χ2n) is 3.75. The first-order chi connectivity index (χ1) is 8.29. The summed E-state index contributed by atoms with van der Waals surface area (Å²) in [5.41, 5.74) is 1.45. The van der Waals surface area contributed by atoms with E-state index in [4.69, 9.17) is 0 Å². The zero-order valence-electron chi connectivity index (χ0n) is 9.64. The minimum atomic E-state index is -0.0726. The Bertz CT molecular complexity index is 493. The summed E-state index contributed by atoms with van der Waals surface area (Å²) in [4.78, 5) is 17.1. The van der Waals surface area contributed by atoms with E-state index in [0.29, 0.717) is 0 Å². The number of amides is 1. The van der Waals surface area contributed by atoms with E-state index in [2.05, 4.69) is 17.2 Å². The van der Waals surface area contributed by atoms with Crippen molar-refractivity contribution in [1.82, 2.24) is 4.98 Å². The molecule has 0 radical (unpaired) electrons. The summed E-state index contributed by atoms with van der Waals surface area (Å²) in [7, 11) is 0. The van der Waals surface area contributed by atoms with E-state index < -0.39 is 0 Å². The maximum Gasteiger partial charge on any atom is 0.256 e. The van der Waals surface area contributed by atoms with Crippen molar-refractivity contribution in [2.24, 2.45) is 0 Å². The molecule has 17 heavy (non-hydrogen) atoms. The smallest absolute Gasteiger partial charge is 0.256 e. The second kappa shape index (κ2) is 5.59. The lowest BCUT2D eigenvalue weighted by atomic mass is 10.2. The van der Waals surface area contributed by atoms with Gasteiger partial charge in [-0.1, -0.05) is 13.3 Å². The third kappa shape index (κ3) is 3.14. The second-order valence-corrected chi connectivity index (χ2v) is 4.74. The third-order valence-electron chi connectivity index (χ3n) is 2.33. The summed E-state index contributed by atoms with van der Waals surface area (Å²) >= 11 is 1.64. The molecule has 88 valence electrons. The first-order valence-electron chi connectivity index (χ1n) is 5.58. The highest BCUT2D eigenvalue weighted by molar-refractivity contribution is 7.10. The molecule has 0 aromatic carbocycles. The van der Waals surface area contributed by atoms with Crippen molar-refractivity contribution in [3.63, 3.8) is 0 Å². The lowest BCUT2D eigenvalue weighted by Gasteiger charge is -2.01. The fourth-order valence-corrected chi connectivity index (χ4v) is 2.49. The van der Waals surface area contributed by atoms with Crippen molar-refractivity contribution in [3.8, 4) is 0 Å². The zero-order valence-corrected chi connectivity index (χ0v) is 10.5. The number of anilines is 1. The number of nitrogens with zero attached hydrogens (tertiary/aromatic N) is 1. The number of carbonyl (C=O) groups excluding carboxylic acids is 1. The van der Waals surface area contributed by atoms with Gasteiger partial charge in [-0.05, 0) is 24.6 Å². The van der Waals surface area contributed by atoms with Crippen molar-refractivity contribution < 1.29 is 4.79 Å². The van der Waals surface area contributed by atoms with Gasteiger partial charge < -0.3 is 5.32 Å². The summed E-state index contributed by atoms with van der Waals surface area (Å²) in [6, 6.07) is 5.58. The van der Waals surface area contributed by atoms with Gasteiger partial charge in [0, 0.05) is 16.5 Å². The lowest BCUT2D eigenvalue weighted by molar-refractivity contribution is 0.102. The zero-order chi connectivity index (χ0) is 12.1. The molecule has 1 amide bonds. The van der Waals surface area contributed by atoms with Gasteiger partial charge in [0.2, 0.25) is 0 Å². The molecule has 0 unspecified atom stereocenters. The van der Waals surface area contributed by atoms with Gasteiger partial charge in [-0.2, -0.15) is 0 Å². The van der Waals surface area contributed by atoms with Crippen molar-refractivity contribution in [3.05, 3.63) is 46.4 Å². The molecular weight excluding hydrogens is 232 g/mol. The Morgan fingerprint density at radius 2 is 2.41 bits per heavy atom. The monoisotopic (exact) mass is 246 g/mol. The van der Waals surface area contributed by atoms with E-state index in [1.54, 1.807) is 29.8 Å². The number of pyridine rings is 1. The lowest BCUT2D eigenvalue weighted by Crippen LogP contribution is -2.10. The van der Waals surface area contributed by atoms with Crippen LogP contribution in [0.3, 0.4) is 0 Å². The first kappa shape index (κ1) is 11.8. The fourth-order valence-electron chi connectivity index (χ4n) is 1.52. The predicted octanol–water partition coefficient (Wildman–Crippen LogP) is 3.35. The maximum absolute atomic E-state index is 11.9. The largest absolute Gasteiger partial charge is 0.321 e. The van der Waals surface area contributed by atoms with Gasteiger partial charge >= 0.3 is 0 Å². The molecule has 0 aliphatic carbocycles. The Morgan fingerprint density at radius 1 is 1.53 bits per heavy atom. The van der Waals surface area contributed by atoms with Gasteiger partial charge in [0.25, 0.3) is 5.91 Å². The molecule has 1 N–H and O–H groups in total. The minimum Gasteiger partial charge on any atom is -0.321 e. The van der Waals surface area contributed by atoms with E-state index in [9.17, 15) is 4.79 Å². The van der Waals surface area contributed by atoms with Crippen LogP contribution in [0.1, 0.15) is 28.6 Å². The van der Waals surface area contributed by atoms with Crippen molar-refractivity contribution in [1.29, 1.82) is 0 Å². The molecule has 0 aliphatic rings. The summed E-state index contributed by atoms with van der Waals surface area (Å²) in [6.45, 7) is 2.13. The van der Waals surface area contributed by atoms with Crippen LogP contribution in [0.2, 0.25) is 0 Å². The number of rotatable bonds is 4. The van der Waals surface area contributed by atoms with Crippen LogP contribution in [0.15, 0.2) is 36.0 Å². The number of carbonyl (C=O) groups is 1. The van der Waals surface area contributed by atoms with Crippen LogP contribution >= 0.6 is 11.3 Å². The quantitative estimate of drug-likeness (QED) is 0.899. The molecule has 3 nitrogen and oxygen atoms in total. The number of hydrogen-bond donors (Lipinski definition) is 1. The van der Waals surface area contributed by atoms with Gasteiger partial charge in [0.05, 0.1) is 17.4 Å². The number of aryl methyl sites for hydroxylation is 1. The molecule has 4 heteroatoms. The number of nitrogens with one attached hydrogen (secondary N) is 1. The molecule has 0 aliphatic heterocycles. The Morgan fingerprint density at radius 3 is 3.12 bits per heavy atom. The maximum atomic E-state index is 11.9. The van der Waals surface area contributed by atoms with Crippen LogP contribution < -0.4 is 5.32 Å². The third-order valence-corrected chi connectivity index (χ3v) is 3.33. The molecule has 0 saturated heterocycles. The highest BCUT2D eigenvalue weighted by Crippen LogP contribution is 2.17. The number of aromatic nitrogens is 1. The van der Waals surface area contributed by atoms with Crippen LogP contribution in [-0.4, -0.2) is 10.9 Å². The number of hydrogen-bond acceptors (Lipinski definition) is 3. The van der Waals surface area contributed by atoms with E-state index in [1.807, 2.05) is 17.5 Å². The molecule has 2 heterocycles. The van der Waals surface area contributed by atoms with Crippen LogP contribution in [0.4, 0.5) is 5.69 Å². The molecule has 0 saturated carbocycles. The molecule has 0 spiro atoms. The SMILES string of the molecule is CCCc1cc(C(=O)Nc2cccnc2)cs1. The van der Waals surface area contributed by atoms with Crippen LogP contribution in [0.25, 0.3) is 0 Å². The molecule has 0 fully saturated rings. The van der Waals surface area contributed by atoms with E-state index in [-0.39, 0.29) is 5.91 Å². The summed E-state index contributed by atoms with van der Waals surface area (Å²) in [5.74, 6) is -0.0726. The fraction of sp³-hybridized carbons (Fsp3) is 0.231. The van der Waals surface area contributed by atoms with Gasteiger partial charge in [0.1, 0.15) is 0 Å². The average Bonchev–Trinajstić information content (AvgIpc) is 2.79. The van der Waals surface area contributed by atoms with Crippen molar-refractivity contribution in [2.45, 2.75) is 19.8 Å². The highest BCUT2D eigenvalue weighted by atomic mass is 32.1. The van der Waals surface area contributed by atoms with Gasteiger partial charge in [-0.15, -0.1) is 11.3 Å². The predicted molar refractivity (Wildman–Crippen MR) is 70.5 cm³/mol. The van der Waals surface area contributed by atoms with Crippen LogP contribution in [-0.2, 0) is 6.42 Å². The summed E-state index contributed by atoms with van der Waals surface area (Å²) < 4.78 is 0. The molecular formula is C13H14N2OS. The van der Waals surface area contributed by atoms with E-state index >= 15 is 0 Å². The average molecular weight is 246 g/mol. The molecule has 2 rings (SSSR count). The minimum absolute atomic E-state index is 0.0726. The first-order valence-corrected chi connectivity index (χ1v) is 6.46. The Hall–Kier alpha value is -1.68. The summed E-state index contributed by atoms with van der Waals surface area (Å²) in [6.07, 6.45) is 5.45. The standard InChI is InChI=1S/C13H14N2OS/c1-2-4-12-7-10(9-17-12)13(16)15-11-5-3-6-14-8-11/h3,5-9H,2,4H2,1H3,(H,15,16). The number of thiophene rings is 1. The molecule has 0 bridgehead atoms. The molecule has 2 aromatic rings. The molecule has 0 atom stereocenters. The van der Waals surface area contributed by atoms with Crippen molar-refractivity contribution >= 4 is 22.9 Å². The highest BCUT2D eigenvalue weighted by Gasteiger charge is 2.08. The van der Waals surface area contributed by atoms with Gasteiger partial charge in [0.15, 0.2) is 0 Å². The van der Waals surface area contributed by atoms with Gasteiger partial charge in [-0.25, -0.2) is 0 Å². The van der Waals surface area contributed by atoms with E-state index in [1.165, 1.54) is 4.88 Å². The Balaban J connectivity index is 2.04. The van der Waals surface area contributed by atoms with Gasteiger partial charge in [-0.3, -0.25) is 9.78 Å². The normalized spacial score (nSPS) is 10.2.